The first-order valence-electron chi connectivity index (χ1n) is 8.05. The molecule has 2 rings (SSSR count). The molecule has 1 N–H and O–H groups in total. The molecular formula is C19H20Cl2N2O2. The van der Waals surface area contributed by atoms with Crippen LogP contribution < -0.4 is 5.32 Å². The van der Waals surface area contributed by atoms with Crippen molar-refractivity contribution >= 4 is 40.7 Å². The SMILES string of the molecule is CCCCN(C)C(=O)c1cccc(C(=O)Nc2cccc(Cl)c2Cl)c1. The fourth-order valence-electron chi connectivity index (χ4n) is 2.31. The normalized spacial score (nSPS) is 10.4. The van der Waals surface area contributed by atoms with Gasteiger partial charge in [0.1, 0.15) is 0 Å². The summed E-state index contributed by atoms with van der Waals surface area (Å²) in [5, 5.41) is 3.36. The van der Waals surface area contributed by atoms with Crippen molar-refractivity contribution in [3.05, 3.63) is 63.6 Å². The molecule has 0 atom stereocenters. The molecule has 0 fully saturated rings. The summed E-state index contributed by atoms with van der Waals surface area (Å²) in [5.41, 5.74) is 1.28. The van der Waals surface area contributed by atoms with E-state index in [0.29, 0.717) is 28.4 Å². The summed E-state index contributed by atoms with van der Waals surface area (Å²) in [7, 11) is 1.76. The molecule has 0 saturated carbocycles. The third-order valence-corrected chi connectivity index (χ3v) is 4.58. The molecule has 0 bridgehead atoms. The maximum Gasteiger partial charge on any atom is 0.255 e. The van der Waals surface area contributed by atoms with E-state index in [4.69, 9.17) is 23.2 Å². The highest BCUT2D eigenvalue weighted by molar-refractivity contribution is 6.44. The minimum Gasteiger partial charge on any atom is -0.342 e. The summed E-state index contributed by atoms with van der Waals surface area (Å²) in [6.45, 7) is 2.76. The van der Waals surface area contributed by atoms with E-state index in [0.717, 1.165) is 12.8 Å². The summed E-state index contributed by atoms with van der Waals surface area (Å²) in [6.07, 6.45) is 1.95. The second kappa shape index (κ2) is 8.88. The smallest absolute Gasteiger partial charge is 0.255 e. The van der Waals surface area contributed by atoms with Crippen LogP contribution in [0.4, 0.5) is 5.69 Å². The number of nitrogens with one attached hydrogen (secondary N) is 1. The number of hydrogen-bond donors (Lipinski definition) is 1. The molecule has 2 aromatic carbocycles. The van der Waals surface area contributed by atoms with Gasteiger partial charge in [-0.1, -0.05) is 48.7 Å². The molecule has 0 spiro atoms. The zero-order chi connectivity index (χ0) is 18.4. The fourth-order valence-corrected chi connectivity index (χ4v) is 2.65. The number of nitrogens with zero attached hydrogens (tertiary/aromatic N) is 1. The Bertz CT molecular complexity index is 778. The van der Waals surface area contributed by atoms with Crippen molar-refractivity contribution in [2.75, 3.05) is 18.9 Å². The van der Waals surface area contributed by atoms with E-state index in [9.17, 15) is 9.59 Å². The van der Waals surface area contributed by atoms with Crippen molar-refractivity contribution in [2.24, 2.45) is 0 Å². The standard InChI is InChI=1S/C19H20Cl2N2O2/c1-3-4-11-23(2)19(25)14-8-5-7-13(12-14)18(24)22-16-10-6-9-15(20)17(16)21/h5-10,12H,3-4,11H2,1-2H3,(H,22,24). The van der Waals surface area contributed by atoms with Gasteiger partial charge >= 0.3 is 0 Å². The Balaban J connectivity index is 2.16. The average molecular weight is 379 g/mol. The van der Waals surface area contributed by atoms with Crippen LogP contribution >= 0.6 is 23.2 Å². The number of anilines is 1. The number of rotatable bonds is 6. The number of benzene rings is 2. The number of amides is 2. The Morgan fingerprint density at radius 1 is 1.08 bits per heavy atom. The maximum absolute atomic E-state index is 12.5. The van der Waals surface area contributed by atoms with Gasteiger partial charge in [0.2, 0.25) is 0 Å². The predicted octanol–water partition coefficient (Wildman–Crippen LogP) is 5.12. The number of carbonyl (C=O) groups excluding carboxylic acids is 2. The largest absolute Gasteiger partial charge is 0.342 e. The summed E-state index contributed by atoms with van der Waals surface area (Å²) < 4.78 is 0. The van der Waals surface area contributed by atoms with Gasteiger partial charge in [0.15, 0.2) is 0 Å². The quantitative estimate of drug-likeness (QED) is 0.758. The molecule has 0 saturated heterocycles. The minimum absolute atomic E-state index is 0.108. The Hall–Kier alpha value is -2.04. The lowest BCUT2D eigenvalue weighted by molar-refractivity contribution is 0.0793. The minimum atomic E-state index is -0.352. The highest BCUT2D eigenvalue weighted by atomic mass is 35.5. The third kappa shape index (κ3) is 4.97. The van der Waals surface area contributed by atoms with Gasteiger partial charge in [-0.15, -0.1) is 0 Å². The van der Waals surface area contributed by atoms with Gasteiger partial charge in [-0.05, 0) is 36.8 Å². The molecule has 2 aromatic rings. The Labute approximate surface area is 157 Å². The van der Waals surface area contributed by atoms with Gasteiger partial charge in [0, 0.05) is 24.7 Å². The van der Waals surface area contributed by atoms with Crippen LogP contribution in [0.25, 0.3) is 0 Å². The average Bonchev–Trinajstić information content (AvgIpc) is 2.62. The van der Waals surface area contributed by atoms with E-state index < -0.39 is 0 Å². The zero-order valence-corrected chi connectivity index (χ0v) is 15.7. The van der Waals surface area contributed by atoms with E-state index in [1.807, 2.05) is 0 Å². The van der Waals surface area contributed by atoms with Crippen molar-refractivity contribution in [3.63, 3.8) is 0 Å². The van der Waals surface area contributed by atoms with Crippen LogP contribution in [-0.4, -0.2) is 30.3 Å². The third-order valence-electron chi connectivity index (χ3n) is 3.77. The van der Waals surface area contributed by atoms with Crippen LogP contribution in [0.1, 0.15) is 40.5 Å². The molecule has 4 nitrogen and oxygen atoms in total. The van der Waals surface area contributed by atoms with Crippen LogP contribution in [0.2, 0.25) is 10.0 Å². The van der Waals surface area contributed by atoms with E-state index >= 15 is 0 Å². The number of unbranched alkanes of at least 4 members (excludes halogenated alkanes) is 1. The van der Waals surface area contributed by atoms with Gasteiger partial charge in [-0.25, -0.2) is 0 Å². The molecule has 25 heavy (non-hydrogen) atoms. The number of halogens is 2. The predicted molar refractivity (Wildman–Crippen MR) is 103 cm³/mol. The lowest BCUT2D eigenvalue weighted by Gasteiger charge is -2.17. The molecule has 132 valence electrons. The van der Waals surface area contributed by atoms with E-state index in [2.05, 4.69) is 12.2 Å². The van der Waals surface area contributed by atoms with Crippen LogP contribution in [0.5, 0.6) is 0 Å². The van der Waals surface area contributed by atoms with Crippen LogP contribution in [-0.2, 0) is 0 Å². The number of carbonyl (C=O) groups is 2. The Morgan fingerprint density at radius 3 is 2.48 bits per heavy atom. The lowest BCUT2D eigenvalue weighted by Crippen LogP contribution is -2.28. The van der Waals surface area contributed by atoms with Gasteiger partial charge in [0.05, 0.1) is 15.7 Å². The number of hydrogen-bond acceptors (Lipinski definition) is 2. The lowest BCUT2D eigenvalue weighted by atomic mass is 10.1. The second-order valence-corrected chi connectivity index (χ2v) is 6.50. The summed E-state index contributed by atoms with van der Waals surface area (Å²) >= 11 is 12.0. The maximum atomic E-state index is 12.5. The van der Waals surface area contributed by atoms with Gasteiger partial charge < -0.3 is 10.2 Å². The van der Waals surface area contributed by atoms with Crippen LogP contribution in [0, 0.1) is 0 Å². The zero-order valence-electron chi connectivity index (χ0n) is 14.2. The Kier molecular flexibility index (Phi) is 6.85. The summed E-state index contributed by atoms with van der Waals surface area (Å²) in [4.78, 5) is 26.6. The summed E-state index contributed by atoms with van der Waals surface area (Å²) in [5.74, 6) is -0.459. The molecule has 0 aliphatic rings. The van der Waals surface area contributed by atoms with Crippen LogP contribution in [0.15, 0.2) is 42.5 Å². The molecule has 0 aliphatic heterocycles. The van der Waals surface area contributed by atoms with E-state index in [-0.39, 0.29) is 16.8 Å². The second-order valence-electron chi connectivity index (χ2n) is 5.72. The molecule has 0 aliphatic carbocycles. The molecule has 0 aromatic heterocycles. The molecule has 6 heteroatoms. The van der Waals surface area contributed by atoms with E-state index in [1.54, 1.807) is 54.4 Å². The first-order valence-corrected chi connectivity index (χ1v) is 8.80. The molecule has 0 heterocycles. The molecule has 2 amide bonds. The Morgan fingerprint density at radius 2 is 1.76 bits per heavy atom. The van der Waals surface area contributed by atoms with E-state index in [1.165, 1.54) is 0 Å². The topological polar surface area (TPSA) is 49.4 Å². The first-order chi connectivity index (χ1) is 11.9. The monoisotopic (exact) mass is 378 g/mol. The van der Waals surface area contributed by atoms with Crippen molar-refractivity contribution in [2.45, 2.75) is 19.8 Å². The van der Waals surface area contributed by atoms with Crippen LogP contribution in [0.3, 0.4) is 0 Å². The van der Waals surface area contributed by atoms with Gasteiger partial charge in [0.25, 0.3) is 11.8 Å². The van der Waals surface area contributed by atoms with Crippen molar-refractivity contribution < 1.29 is 9.59 Å². The highest BCUT2D eigenvalue weighted by Gasteiger charge is 2.15. The molecular weight excluding hydrogens is 359 g/mol. The van der Waals surface area contributed by atoms with Gasteiger partial charge in [-0.2, -0.15) is 0 Å². The molecule has 0 unspecified atom stereocenters. The highest BCUT2D eigenvalue weighted by Crippen LogP contribution is 2.29. The molecule has 0 radical (unpaired) electrons. The van der Waals surface area contributed by atoms with Gasteiger partial charge in [-0.3, -0.25) is 9.59 Å². The fraction of sp³-hybridized carbons (Fsp3) is 0.263. The van der Waals surface area contributed by atoms with Crippen molar-refractivity contribution in [1.82, 2.24) is 4.90 Å². The van der Waals surface area contributed by atoms with Crippen molar-refractivity contribution in [3.8, 4) is 0 Å². The van der Waals surface area contributed by atoms with Crippen molar-refractivity contribution in [1.29, 1.82) is 0 Å². The first kappa shape index (κ1) is 19.3. The summed E-state index contributed by atoms with van der Waals surface area (Å²) in [6, 6.07) is 11.6.